The summed E-state index contributed by atoms with van der Waals surface area (Å²) in [7, 11) is -0.600. The second kappa shape index (κ2) is 8.76. The van der Waals surface area contributed by atoms with Gasteiger partial charge in [0.1, 0.15) is 0 Å². The van der Waals surface area contributed by atoms with Gasteiger partial charge in [-0.2, -0.15) is 0 Å². The Morgan fingerprint density at radius 2 is 1.21 bits per heavy atom. The van der Waals surface area contributed by atoms with Gasteiger partial charge in [-0.15, -0.1) is 0 Å². The maximum Gasteiger partial charge on any atom is 0.261 e. The van der Waals surface area contributed by atoms with Crippen LogP contribution in [0.15, 0.2) is 24.3 Å². The van der Waals surface area contributed by atoms with E-state index in [1.165, 1.54) is 43.2 Å². The Bertz CT molecular complexity index is 542. The lowest BCUT2D eigenvalue weighted by molar-refractivity contribution is 0.0651. The molecule has 0 saturated carbocycles. The largest absolute Gasteiger partial charge is 0.274 e. The van der Waals surface area contributed by atoms with Crippen molar-refractivity contribution in [2.45, 2.75) is 44.9 Å². The lowest BCUT2D eigenvalue weighted by Gasteiger charge is -2.13. The van der Waals surface area contributed by atoms with Crippen LogP contribution >= 0.6 is 7.26 Å². The van der Waals surface area contributed by atoms with Crippen LogP contribution in [0.25, 0.3) is 0 Å². The summed E-state index contributed by atoms with van der Waals surface area (Å²) in [5, 5.41) is 0. The monoisotopic (exact) mass is 348 g/mol. The van der Waals surface area contributed by atoms with Crippen molar-refractivity contribution in [1.29, 1.82) is 0 Å². The van der Waals surface area contributed by atoms with Gasteiger partial charge in [-0.3, -0.25) is 14.5 Å². The Balaban J connectivity index is 1.58. The van der Waals surface area contributed by atoms with E-state index in [-0.39, 0.29) is 11.8 Å². The topological polar surface area (TPSA) is 37.4 Å². The van der Waals surface area contributed by atoms with Crippen LogP contribution in [0.2, 0.25) is 0 Å². The fourth-order valence-corrected chi connectivity index (χ4v) is 4.35. The second-order valence-electron chi connectivity index (χ2n) is 7.80. The summed E-state index contributed by atoms with van der Waals surface area (Å²) in [5.74, 6) is -0.248. The molecule has 1 aliphatic heterocycles. The molecule has 0 fully saturated rings. The van der Waals surface area contributed by atoms with Gasteiger partial charge in [-0.1, -0.05) is 37.8 Å². The minimum absolute atomic E-state index is 0.124. The molecular formula is C20H31NO2P+. The van der Waals surface area contributed by atoms with E-state index in [2.05, 4.69) is 20.0 Å². The molecule has 0 atom stereocenters. The molecule has 2 amide bonds. The number of rotatable bonds is 10. The molecule has 1 heterocycles. The minimum Gasteiger partial charge on any atom is -0.274 e. The van der Waals surface area contributed by atoms with Gasteiger partial charge in [0.05, 0.1) is 17.3 Å². The number of carbonyl (C=O) groups excluding carboxylic acids is 2. The van der Waals surface area contributed by atoms with Gasteiger partial charge in [-0.05, 0) is 31.4 Å². The van der Waals surface area contributed by atoms with Crippen LogP contribution in [0.5, 0.6) is 0 Å². The van der Waals surface area contributed by atoms with Crippen LogP contribution in [-0.2, 0) is 0 Å². The molecular weight excluding hydrogens is 317 g/mol. The highest BCUT2D eigenvalue weighted by atomic mass is 31.2. The van der Waals surface area contributed by atoms with E-state index < -0.39 is 7.26 Å². The summed E-state index contributed by atoms with van der Waals surface area (Å²) in [6.07, 6.45) is 9.92. The molecule has 1 aromatic rings. The lowest BCUT2D eigenvalue weighted by Crippen LogP contribution is -2.30. The predicted octanol–water partition coefficient (Wildman–Crippen LogP) is 4.92. The molecule has 0 bridgehead atoms. The fraction of sp³-hybridized carbons (Fsp3) is 0.600. The van der Waals surface area contributed by atoms with Crippen molar-refractivity contribution in [3.05, 3.63) is 35.4 Å². The van der Waals surface area contributed by atoms with Crippen LogP contribution in [0, 0.1) is 0 Å². The predicted molar refractivity (Wildman–Crippen MR) is 104 cm³/mol. The first-order chi connectivity index (χ1) is 11.4. The number of carbonyl (C=O) groups is 2. The van der Waals surface area contributed by atoms with Gasteiger partial charge in [0.2, 0.25) is 0 Å². The highest BCUT2D eigenvalue weighted by Gasteiger charge is 2.34. The van der Waals surface area contributed by atoms with Gasteiger partial charge >= 0.3 is 0 Å². The molecule has 1 aromatic carbocycles. The number of benzene rings is 1. The van der Waals surface area contributed by atoms with Gasteiger partial charge < -0.3 is 0 Å². The first kappa shape index (κ1) is 19.1. The van der Waals surface area contributed by atoms with Crippen molar-refractivity contribution in [3.8, 4) is 0 Å². The first-order valence-electron chi connectivity index (χ1n) is 9.16. The van der Waals surface area contributed by atoms with Crippen molar-refractivity contribution in [2.24, 2.45) is 0 Å². The van der Waals surface area contributed by atoms with Crippen LogP contribution in [0.1, 0.15) is 65.7 Å². The molecule has 0 spiro atoms. The normalized spacial score (nSPS) is 14.4. The molecule has 0 N–H and O–H groups in total. The third-order valence-corrected chi connectivity index (χ3v) is 6.25. The zero-order chi connectivity index (χ0) is 17.6. The van der Waals surface area contributed by atoms with Gasteiger partial charge in [0.25, 0.3) is 11.8 Å². The number of hydrogen-bond acceptors (Lipinski definition) is 2. The summed E-state index contributed by atoms with van der Waals surface area (Å²) in [6.45, 7) is 7.78. The molecule has 0 aromatic heterocycles. The quantitative estimate of drug-likeness (QED) is 0.342. The van der Waals surface area contributed by atoms with Gasteiger partial charge in [-0.25, -0.2) is 0 Å². The number of fused-ring (bicyclic) bond motifs is 1. The highest BCUT2D eigenvalue weighted by Crippen LogP contribution is 2.47. The molecule has 1 aliphatic rings. The zero-order valence-corrected chi connectivity index (χ0v) is 16.3. The molecule has 2 rings (SSSR count). The molecule has 24 heavy (non-hydrogen) atoms. The van der Waals surface area contributed by atoms with E-state index >= 15 is 0 Å². The summed E-state index contributed by atoms with van der Waals surface area (Å²) in [5.41, 5.74) is 1.12. The summed E-state index contributed by atoms with van der Waals surface area (Å²) < 4.78 is 0. The number of amides is 2. The smallest absolute Gasteiger partial charge is 0.261 e. The average Bonchev–Trinajstić information content (AvgIpc) is 2.77. The molecule has 0 radical (unpaired) electrons. The third kappa shape index (κ3) is 5.41. The van der Waals surface area contributed by atoms with E-state index in [9.17, 15) is 9.59 Å². The van der Waals surface area contributed by atoms with E-state index in [0.29, 0.717) is 17.7 Å². The van der Waals surface area contributed by atoms with Crippen LogP contribution in [0.4, 0.5) is 0 Å². The van der Waals surface area contributed by atoms with E-state index in [1.807, 2.05) is 12.1 Å². The summed E-state index contributed by atoms with van der Waals surface area (Å²) in [6, 6.07) is 7.12. The molecule has 0 unspecified atom stereocenters. The Hall–Kier alpha value is -1.21. The second-order valence-corrected chi connectivity index (χ2v) is 12.8. The van der Waals surface area contributed by atoms with E-state index in [4.69, 9.17) is 0 Å². The summed E-state index contributed by atoms with van der Waals surface area (Å²) in [4.78, 5) is 25.9. The zero-order valence-electron chi connectivity index (χ0n) is 15.4. The Kier molecular flexibility index (Phi) is 6.98. The molecule has 0 aliphatic carbocycles. The Morgan fingerprint density at radius 3 is 1.71 bits per heavy atom. The van der Waals surface area contributed by atoms with Crippen molar-refractivity contribution in [3.63, 3.8) is 0 Å². The Morgan fingerprint density at radius 1 is 0.750 bits per heavy atom. The standard InChI is InChI=1S/C20H31NO2P/c1-24(2,3)16-12-8-6-4-5-7-11-15-21-19(22)17-13-9-10-14-18(17)20(21)23/h9-10,13-14H,4-8,11-12,15-16H2,1-3H3/q+1. The number of nitrogens with zero attached hydrogens (tertiary/aromatic N) is 1. The number of hydrogen-bond donors (Lipinski definition) is 0. The van der Waals surface area contributed by atoms with Crippen molar-refractivity contribution >= 4 is 19.1 Å². The van der Waals surface area contributed by atoms with E-state index in [1.54, 1.807) is 12.1 Å². The Labute approximate surface area is 147 Å². The summed E-state index contributed by atoms with van der Waals surface area (Å²) >= 11 is 0. The average molecular weight is 348 g/mol. The number of imide groups is 1. The molecule has 0 saturated heterocycles. The third-order valence-electron chi connectivity index (χ3n) is 4.59. The first-order valence-corrected chi connectivity index (χ1v) is 12.5. The SMILES string of the molecule is C[P+](C)(C)CCCCCCCCCN1C(=O)c2ccccc2C1=O. The maximum atomic E-state index is 12.2. The van der Waals surface area contributed by atoms with E-state index in [0.717, 1.165) is 12.8 Å². The van der Waals surface area contributed by atoms with Gasteiger partial charge in [0.15, 0.2) is 0 Å². The molecule has 4 heteroatoms. The van der Waals surface area contributed by atoms with Crippen molar-refractivity contribution < 1.29 is 9.59 Å². The lowest BCUT2D eigenvalue weighted by atomic mass is 10.1. The van der Waals surface area contributed by atoms with Crippen molar-refractivity contribution in [1.82, 2.24) is 4.90 Å². The molecule has 3 nitrogen and oxygen atoms in total. The maximum absolute atomic E-state index is 12.2. The van der Waals surface area contributed by atoms with Gasteiger partial charge in [0, 0.05) is 33.8 Å². The van der Waals surface area contributed by atoms with Crippen LogP contribution in [-0.4, -0.2) is 49.4 Å². The van der Waals surface area contributed by atoms with Crippen LogP contribution in [0.3, 0.4) is 0 Å². The number of unbranched alkanes of at least 4 members (excludes halogenated alkanes) is 6. The minimum atomic E-state index is -0.600. The fourth-order valence-electron chi connectivity index (χ4n) is 3.18. The van der Waals surface area contributed by atoms with Crippen LogP contribution < -0.4 is 0 Å². The molecule has 132 valence electrons. The van der Waals surface area contributed by atoms with Crippen molar-refractivity contribution in [2.75, 3.05) is 32.7 Å². The highest BCUT2D eigenvalue weighted by molar-refractivity contribution is 7.73.